The summed E-state index contributed by atoms with van der Waals surface area (Å²) < 4.78 is 20.9. The number of nitrogen functional groups attached to an aromatic ring is 1. The van der Waals surface area contributed by atoms with Gasteiger partial charge in [0.25, 0.3) is 0 Å². The van der Waals surface area contributed by atoms with Crippen LogP contribution in [0.4, 0.5) is 5.82 Å². The quantitative estimate of drug-likeness (QED) is 0.577. The normalized spacial score (nSPS) is 13.4. The van der Waals surface area contributed by atoms with Crippen molar-refractivity contribution in [3.63, 3.8) is 0 Å². The molecule has 0 fully saturated rings. The number of aliphatic hydroxyl groups is 2. The van der Waals surface area contributed by atoms with E-state index in [0.29, 0.717) is 29.9 Å². The molecule has 0 aliphatic rings. The zero-order valence-electron chi connectivity index (χ0n) is 13.0. The van der Waals surface area contributed by atoms with Crippen LogP contribution >= 0.6 is 0 Å². The van der Waals surface area contributed by atoms with Gasteiger partial charge >= 0.3 is 0 Å². The zero-order valence-corrected chi connectivity index (χ0v) is 13.8. The van der Waals surface area contributed by atoms with Crippen molar-refractivity contribution >= 4 is 28.1 Å². The minimum Gasteiger partial charge on any atom is -0.394 e. The first-order valence-corrected chi connectivity index (χ1v) is 7.90. The Kier molecular flexibility index (Phi) is 8.58. The van der Waals surface area contributed by atoms with Crippen molar-refractivity contribution in [2.45, 2.75) is 19.1 Å². The number of fused-ring (bicyclic) bond motifs is 1. The highest BCUT2D eigenvalue weighted by atomic mass is 32.2. The van der Waals surface area contributed by atoms with Gasteiger partial charge in [0.15, 0.2) is 22.5 Å². The van der Waals surface area contributed by atoms with E-state index in [9.17, 15) is 4.21 Å². The third kappa shape index (κ3) is 5.80. The van der Waals surface area contributed by atoms with Gasteiger partial charge in [-0.3, -0.25) is 4.18 Å². The highest BCUT2D eigenvalue weighted by Gasteiger charge is 2.10. The second-order valence-corrected chi connectivity index (χ2v) is 5.50. The number of anilines is 1. The van der Waals surface area contributed by atoms with Gasteiger partial charge < -0.3 is 25.3 Å². The Morgan fingerprint density at radius 1 is 1.35 bits per heavy atom. The Morgan fingerprint density at radius 2 is 2.09 bits per heavy atom. The van der Waals surface area contributed by atoms with Crippen LogP contribution in [-0.2, 0) is 26.5 Å². The first kappa shape index (κ1) is 19.4. The van der Waals surface area contributed by atoms with E-state index in [2.05, 4.69) is 19.1 Å². The zero-order chi connectivity index (χ0) is 17.2. The lowest BCUT2D eigenvalue weighted by Gasteiger charge is -2.12. The number of hydrogen-bond donors (Lipinski definition) is 3. The van der Waals surface area contributed by atoms with Gasteiger partial charge in [0.2, 0.25) is 0 Å². The van der Waals surface area contributed by atoms with Crippen molar-refractivity contribution in [1.29, 1.82) is 0 Å². The molecule has 0 radical (unpaired) electrons. The number of nitrogens with zero attached hydrogens (tertiary/aromatic N) is 4. The van der Waals surface area contributed by atoms with Crippen molar-refractivity contribution in [3.8, 4) is 0 Å². The molecule has 0 spiro atoms. The van der Waals surface area contributed by atoms with Crippen LogP contribution < -0.4 is 5.73 Å². The Balaban J connectivity index is 0.000000379. The number of methoxy groups -OCH3 is 1. The van der Waals surface area contributed by atoms with Gasteiger partial charge in [0, 0.05) is 13.7 Å². The predicted molar refractivity (Wildman–Crippen MR) is 84.5 cm³/mol. The van der Waals surface area contributed by atoms with Crippen LogP contribution in [0.5, 0.6) is 0 Å². The highest BCUT2D eigenvalue weighted by Crippen LogP contribution is 2.14. The van der Waals surface area contributed by atoms with Crippen LogP contribution in [0.15, 0.2) is 12.7 Å². The van der Waals surface area contributed by atoms with E-state index in [1.54, 1.807) is 13.4 Å². The van der Waals surface area contributed by atoms with E-state index in [1.165, 1.54) is 13.4 Å². The van der Waals surface area contributed by atoms with Crippen molar-refractivity contribution in [2.75, 3.05) is 32.5 Å². The standard InChI is InChI=1S/C10H15N5O2.C2H6O3S/c1-17-7(4-16)2-3-15-6-14-8-9(11)12-5-13-10(8)15;1-5-6(4)2-3/h5-7,16H,2-4H2,1H3,(H2,11,12,13);3H,2H2,1H3. The average Bonchev–Trinajstić information content (AvgIpc) is 3.00. The van der Waals surface area contributed by atoms with E-state index in [1.807, 2.05) is 4.57 Å². The molecule has 10 nitrogen and oxygen atoms in total. The van der Waals surface area contributed by atoms with Crippen molar-refractivity contribution < 1.29 is 23.3 Å². The molecule has 0 aliphatic heterocycles. The van der Waals surface area contributed by atoms with E-state index in [-0.39, 0.29) is 12.7 Å². The minimum absolute atomic E-state index is 0.000251. The third-order valence-electron chi connectivity index (χ3n) is 2.95. The first-order valence-electron chi connectivity index (χ1n) is 6.66. The van der Waals surface area contributed by atoms with Crippen LogP contribution in [-0.4, -0.2) is 66.8 Å². The number of aryl methyl sites for hydroxylation is 1. The second kappa shape index (κ2) is 10.2. The first-order chi connectivity index (χ1) is 11.1. The molecule has 0 aromatic carbocycles. The topological polar surface area (TPSA) is 146 Å². The summed E-state index contributed by atoms with van der Waals surface area (Å²) in [5.74, 6) is -0.0459. The fourth-order valence-corrected chi connectivity index (χ4v) is 1.79. The summed E-state index contributed by atoms with van der Waals surface area (Å²) in [6.45, 7) is 0.659. The maximum Gasteiger partial charge on any atom is 0.181 e. The van der Waals surface area contributed by atoms with Gasteiger partial charge in [0.1, 0.15) is 17.8 Å². The van der Waals surface area contributed by atoms with Gasteiger partial charge in [0.05, 0.1) is 26.1 Å². The number of hydrogen-bond acceptors (Lipinski definition) is 9. The summed E-state index contributed by atoms with van der Waals surface area (Å²) in [5.41, 5.74) is 6.99. The largest absolute Gasteiger partial charge is 0.394 e. The maximum absolute atomic E-state index is 9.82. The van der Waals surface area contributed by atoms with E-state index in [4.69, 9.17) is 20.7 Å². The maximum atomic E-state index is 9.82. The second-order valence-electron chi connectivity index (χ2n) is 4.30. The van der Waals surface area contributed by atoms with E-state index in [0.717, 1.165) is 0 Å². The summed E-state index contributed by atoms with van der Waals surface area (Å²) in [7, 11) is 2.85. The molecule has 2 unspecified atom stereocenters. The van der Waals surface area contributed by atoms with E-state index >= 15 is 0 Å². The number of imidazole rings is 1. The third-order valence-corrected chi connectivity index (χ3v) is 3.53. The lowest BCUT2D eigenvalue weighted by atomic mass is 10.2. The van der Waals surface area contributed by atoms with Crippen LogP contribution in [0.25, 0.3) is 11.2 Å². The number of aromatic nitrogens is 4. The van der Waals surface area contributed by atoms with Gasteiger partial charge in [-0.05, 0) is 6.42 Å². The van der Waals surface area contributed by atoms with E-state index < -0.39 is 17.0 Å². The molecule has 11 heteroatoms. The molecule has 2 heterocycles. The highest BCUT2D eigenvalue weighted by molar-refractivity contribution is 7.79. The summed E-state index contributed by atoms with van der Waals surface area (Å²) >= 11 is -1.48. The number of aliphatic hydroxyl groups excluding tert-OH is 2. The molecule has 23 heavy (non-hydrogen) atoms. The fraction of sp³-hybridized carbons (Fsp3) is 0.583. The Labute approximate surface area is 135 Å². The Morgan fingerprint density at radius 3 is 2.61 bits per heavy atom. The molecule has 0 aliphatic carbocycles. The van der Waals surface area contributed by atoms with Crippen LogP contribution in [0.1, 0.15) is 6.42 Å². The molecule has 2 aromatic rings. The Bertz CT molecular complexity index is 613. The number of nitrogens with two attached hydrogens (primary N) is 1. The smallest absolute Gasteiger partial charge is 0.181 e. The van der Waals surface area contributed by atoms with Gasteiger partial charge in [-0.1, -0.05) is 0 Å². The molecule has 0 amide bonds. The summed E-state index contributed by atoms with van der Waals surface area (Å²) in [6.07, 6.45) is 3.59. The molecular weight excluding hydrogens is 326 g/mol. The molecule has 2 aromatic heterocycles. The predicted octanol–water partition coefficient (Wildman–Crippen LogP) is -0.948. The monoisotopic (exact) mass is 347 g/mol. The van der Waals surface area contributed by atoms with Crippen LogP contribution in [0, 0.1) is 0 Å². The SMILES string of the molecule is COC(CO)CCn1cnc2c(N)ncnc21.COS(=O)CO. The van der Waals surface area contributed by atoms with Crippen molar-refractivity contribution in [2.24, 2.45) is 0 Å². The molecule has 0 saturated carbocycles. The molecule has 130 valence electrons. The van der Waals surface area contributed by atoms with Crippen LogP contribution in [0.3, 0.4) is 0 Å². The summed E-state index contributed by atoms with van der Waals surface area (Å²) in [4.78, 5) is 12.2. The molecule has 2 atom stereocenters. The molecule has 0 saturated heterocycles. The van der Waals surface area contributed by atoms with Gasteiger partial charge in [-0.2, -0.15) is 0 Å². The lowest BCUT2D eigenvalue weighted by Crippen LogP contribution is -2.18. The number of ether oxygens (including phenoxy) is 1. The van der Waals surface area contributed by atoms with Gasteiger partial charge in [-0.15, -0.1) is 0 Å². The summed E-state index contributed by atoms with van der Waals surface area (Å²) in [6, 6.07) is 0. The molecule has 2 rings (SSSR count). The van der Waals surface area contributed by atoms with Gasteiger partial charge in [-0.25, -0.2) is 19.2 Å². The molecule has 4 N–H and O–H groups in total. The molecular formula is C12H21N5O5S. The van der Waals surface area contributed by atoms with Crippen LogP contribution in [0.2, 0.25) is 0 Å². The number of rotatable bonds is 7. The van der Waals surface area contributed by atoms with Crippen molar-refractivity contribution in [1.82, 2.24) is 19.5 Å². The minimum atomic E-state index is -1.48. The van der Waals surface area contributed by atoms with Crippen molar-refractivity contribution in [3.05, 3.63) is 12.7 Å². The Hall–Kier alpha value is -1.66. The fourth-order valence-electron chi connectivity index (χ4n) is 1.68. The average molecular weight is 347 g/mol. The summed E-state index contributed by atoms with van der Waals surface area (Å²) in [5, 5.41) is 16.9. The molecule has 0 bridgehead atoms. The lowest BCUT2D eigenvalue weighted by molar-refractivity contribution is 0.0405.